The van der Waals surface area contributed by atoms with Crippen LogP contribution in [0, 0.1) is 46.7 Å². The molecule has 0 spiro atoms. The van der Waals surface area contributed by atoms with Crippen molar-refractivity contribution in [3.8, 4) is 28.7 Å². The van der Waals surface area contributed by atoms with Crippen molar-refractivity contribution in [2.75, 3.05) is 6.61 Å². The fourth-order valence-corrected chi connectivity index (χ4v) is 3.52. The van der Waals surface area contributed by atoms with Crippen LogP contribution in [0.2, 0.25) is 0 Å². The molecule has 0 bridgehead atoms. The topological polar surface area (TPSA) is 9.23 Å². The van der Waals surface area contributed by atoms with Crippen LogP contribution in [0.5, 0.6) is 5.75 Å². The van der Waals surface area contributed by atoms with Gasteiger partial charge in [0.2, 0.25) is 0 Å². The molecule has 0 radical (unpaired) electrons. The lowest BCUT2D eigenvalue weighted by Crippen LogP contribution is -1.98. The zero-order valence-corrected chi connectivity index (χ0v) is 18.5. The number of rotatable bonds is 5. The van der Waals surface area contributed by atoms with Crippen molar-refractivity contribution in [2.45, 2.75) is 19.8 Å². The second-order valence-electron chi connectivity index (χ2n) is 7.83. The summed E-state index contributed by atoms with van der Waals surface area (Å²) in [6, 6.07) is 10.6. The molecular weight excluding hydrogens is 466 g/mol. The molecule has 0 atom stereocenters. The normalized spacial score (nSPS) is 10.8. The average molecular weight is 484 g/mol. The molecule has 4 rings (SSSR count). The molecule has 0 aliphatic carbocycles. The quantitative estimate of drug-likeness (QED) is 0.121. The van der Waals surface area contributed by atoms with E-state index in [0.717, 1.165) is 37.1 Å². The van der Waals surface area contributed by atoms with Crippen molar-refractivity contribution < 1.29 is 31.1 Å². The molecule has 4 aromatic carbocycles. The van der Waals surface area contributed by atoms with Crippen LogP contribution >= 0.6 is 0 Å². The maximum absolute atomic E-state index is 14.7. The van der Waals surface area contributed by atoms with Crippen LogP contribution in [-0.2, 0) is 0 Å². The van der Waals surface area contributed by atoms with Gasteiger partial charge in [-0.1, -0.05) is 31.3 Å². The summed E-state index contributed by atoms with van der Waals surface area (Å²) in [5.74, 6) is -1.77. The second-order valence-corrected chi connectivity index (χ2v) is 7.83. The highest BCUT2D eigenvalue weighted by Crippen LogP contribution is 2.29. The molecule has 7 heteroatoms. The summed E-state index contributed by atoms with van der Waals surface area (Å²) in [7, 11) is 0. The standard InChI is InChI=1S/C28H18F6O/c1-2-3-10-35-19-6-9-20(25(31)15-19)18-12-23(29)22(24(30)13-18)8-5-16-4-7-21-17(11-16)14-26(32)28(34)27(21)33/h4,6-7,9,11-15H,2-3,10H2,1H3. The molecule has 0 heterocycles. The van der Waals surface area contributed by atoms with Gasteiger partial charge >= 0.3 is 0 Å². The first-order valence-electron chi connectivity index (χ1n) is 10.8. The number of ether oxygens (including phenoxy) is 1. The van der Waals surface area contributed by atoms with Gasteiger partial charge in [-0.05, 0) is 59.8 Å². The molecule has 0 saturated heterocycles. The van der Waals surface area contributed by atoms with Crippen molar-refractivity contribution in [1.82, 2.24) is 0 Å². The molecule has 0 amide bonds. The summed E-state index contributed by atoms with van der Waals surface area (Å²) in [5.41, 5.74) is -0.362. The van der Waals surface area contributed by atoms with Gasteiger partial charge in [0.15, 0.2) is 17.5 Å². The molecule has 0 saturated carbocycles. The highest BCUT2D eigenvalue weighted by molar-refractivity contribution is 5.84. The zero-order valence-electron chi connectivity index (χ0n) is 18.5. The number of unbranched alkanes of at least 4 members (excludes halogenated alkanes) is 1. The smallest absolute Gasteiger partial charge is 0.195 e. The van der Waals surface area contributed by atoms with E-state index < -0.39 is 40.5 Å². The Labute approximate surface area is 198 Å². The Kier molecular flexibility index (Phi) is 7.02. The van der Waals surface area contributed by atoms with Crippen molar-refractivity contribution in [3.63, 3.8) is 0 Å². The molecule has 178 valence electrons. The molecular formula is C28H18F6O. The molecule has 0 fully saturated rings. The van der Waals surface area contributed by atoms with Gasteiger partial charge in [0.1, 0.15) is 23.2 Å². The van der Waals surface area contributed by atoms with E-state index in [2.05, 4.69) is 11.8 Å². The van der Waals surface area contributed by atoms with Crippen molar-refractivity contribution >= 4 is 10.8 Å². The maximum atomic E-state index is 14.7. The van der Waals surface area contributed by atoms with E-state index in [1.807, 2.05) is 6.92 Å². The van der Waals surface area contributed by atoms with Gasteiger partial charge in [0.25, 0.3) is 0 Å². The van der Waals surface area contributed by atoms with Crippen molar-refractivity contribution in [1.29, 1.82) is 0 Å². The van der Waals surface area contributed by atoms with Crippen LogP contribution in [0.4, 0.5) is 26.3 Å². The lowest BCUT2D eigenvalue weighted by molar-refractivity contribution is 0.308. The minimum Gasteiger partial charge on any atom is -0.493 e. The summed E-state index contributed by atoms with van der Waals surface area (Å²) in [4.78, 5) is 0. The Morgan fingerprint density at radius 2 is 1.46 bits per heavy atom. The summed E-state index contributed by atoms with van der Waals surface area (Å²) in [5, 5.41) is -0.109. The average Bonchev–Trinajstić information content (AvgIpc) is 2.82. The van der Waals surface area contributed by atoms with E-state index in [1.165, 1.54) is 30.3 Å². The van der Waals surface area contributed by atoms with Crippen LogP contribution in [0.25, 0.3) is 21.9 Å². The van der Waals surface area contributed by atoms with E-state index in [1.54, 1.807) is 0 Å². The van der Waals surface area contributed by atoms with E-state index in [4.69, 9.17) is 4.74 Å². The van der Waals surface area contributed by atoms with Gasteiger partial charge in [-0.25, -0.2) is 26.3 Å². The first kappa shape index (κ1) is 24.2. The number of fused-ring (bicyclic) bond motifs is 1. The molecule has 0 aliphatic heterocycles. The Balaban J connectivity index is 1.63. The largest absolute Gasteiger partial charge is 0.493 e. The summed E-state index contributed by atoms with van der Waals surface area (Å²) in [6.07, 6.45) is 1.74. The van der Waals surface area contributed by atoms with E-state index in [9.17, 15) is 26.3 Å². The molecule has 0 aromatic heterocycles. The van der Waals surface area contributed by atoms with Crippen LogP contribution in [0.15, 0.2) is 54.6 Å². The Hall–Kier alpha value is -3.92. The zero-order chi connectivity index (χ0) is 25.1. The Morgan fingerprint density at radius 3 is 2.14 bits per heavy atom. The minimum atomic E-state index is -1.59. The van der Waals surface area contributed by atoms with Crippen molar-refractivity contribution in [3.05, 3.63) is 101 Å². The molecule has 35 heavy (non-hydrogen) atoms. The molecule has 4 aromatic rings. The molecule has 1 nitrogen and oxygen atoms in total. The van der Waals surface area contributed by atoms with E-state index >= 15 is 0 Å². The third-order valence-corrected chi connectivity index (χ3v) is 5.36. The summed E-state index contributed by atoms with van der Waals surface area (Å²) < 4.78 is 90.1. The third kappa shape index (κ3) is 5.12. The van der Waals surface area contributed by atoms with Gasteiger partial charge in [-0.2, -0.15) is 0 Å². The first-order valence-corrected chi connectivity index (χ1v) is 10.8. The minimum absolute atomic E-state index is 0.00374. The predicted molar refractivity (Wildman–Crippen MR) is 122 cm³/mol. The predicted octanol–water partition coefficient (Wildman–Crippen LogP) is 7.92. The van der Waals surface area contributed by atoms with Gasteiger partial charge in [0, 0.05) is 22.6 Å². The van der Waals surface area contributed by atoms with Crippen LogP contribution in [0.1, 0.15) is 30.9 Å². The molecule has 0 N–H and O–H groups in total. The van der Waals surface area contributed by atoms with Gasteiger partial charge in [0.05, 0.1) is 12.2 Å². The lowest BCUT2D eigenvalue weighted by atomic mass is 10.0. The molecule has 0 aliphatic rings. The van der Waals surface area contributed by atoms with E-state index in [0.29, 0.717) is 12.4 Å². The Bertz CT molecular complexity index is 1460. The van der Waals surface area contributed by atoms with Crippen LogP contribution in [-0.4, -0.2) is 6.61 Å². The van der Waals surface area contributed by atoms with Crippen LogP contribution < -0.4 is 4.74 Å². The van der Waals surface area contributed by atoms with Crippen molar-refractivity contribution in [2.24, 2.45) is 0 Å². The van der Waals surface area contributed by atoms with Crippen LogP contribution in [0.3, 0.4) is 0 Å². The second kappa shape index (κ2) is 10.1. The summed E-state index contributed by atoms with van der Waals surface area (Å²) >= 11 is 0. The highest BCUT2D eigenvalue weighted by atomic mass is 19.2. The molecule has 0 unspecified atom stereocenters. The monoisotopic (exact) mass is 484 g/mol. The highest BCUT2D eigenvalue weighted by Gasteiger charge is 2.15. The third-order valence-electron chi connectivity index (χ3n) is 5.36. The fourth-order valence-electron chi connectivity index (χ4n) is 3.52. The number of hydrogen-bond acceptors (Lipinski definition) is 1. The van der Waals surface area contributed by atoms with E-state index in [-0.39, 0.29) is 27.5 Å². The SMILES string of the molecule is CCCCOc1ccc(-c2cc(F)c(C#Cc3ccc4c(F)c(F)c(F)cc4c3)c(F)c2)c(F)c1. The number of benzene rings is 4. The van der Waals surface area contributed by atoms with Gasteiger partial charge in [-0.3, -0.25) is 0 Å². The number of hydrogen-bond donors (Lipinski definition) is 0. The number of halogens is 6. The van der Waals surface area contributed by atoms with Gasteiger partial charge < -0.3 is 4.74 Å². The summed E-state index contributed by atoms with van der Waals surface area (Å²) in [6.45, 7) is 2.43. The fraction of sp³-hybridized carbons (Fsp3) is 0.143. The maximum Gasteiger partial charge on any atom is 0.195 e. The van der Waals surface area contributed by atoms with Gasteiger partial charge in [-0.15, -0.1) is 0 Å². The Morgan fingerprint density at radius 1 is 0.714 bits per heavy atom. The first-order chi connectivity index (χ1) is 16.8. The lowest BCUT2D eigenvalue weighted by Gasteiger charge is -2.09.